The number of hydrogen-bond donors (Lipinski definition) is 3. The normalized spacial score (nSPS) is 12.4. The van der Waals surface area contributed by atoms with E-state index in [0.717, 1.165) is 22.8 Å². The number of benzene rings is 1. The average Bonchev–Trinajstić information content (AvgIpc) is 2.68. The van der Waals surface area contributed by atoms with Crippen LogP contribution >= 0.6 is 0 Å². The maximum Gasteiger partial charge on any atom is 0.146 e. The van der Waals surface area contributed by atoms with E-state index in [-0.39, 0.29) is 6.04 Å². The molecule has 1 aromatic carbocycles. The molecule has 5 nitrogen and oxygen atoms in total. The predicted octanol–water partition coefficient (Wildman–Crippen LogP) is 1.87. The molecule has 0 saturated carbocycles. The molecule has 84 valence electrons. The molecule has 0 radical (unpaired) electrons. The Morgan fingerprint density at radius 3 is 2.81 bits per heavy atom. The Morgan fingerprint density at radius 1 is 1.38 bits per heavy atom. The first-order valence-corrected chi connectivity index (χ1v) is 5.14. The molecule has 0 saturated heterocycles. The van der Waals surface area contributed by atoms with Crippen molar-refractivity contribution in [2.24, 2.45) is 0 Å². The number of H-pyrrole nitrogens is 1. The Kier molecular flexibility index (Phi) is 2.76. The van der Waals surface area contributed by atoms with E-state index in [9.17, 15) is 0 Å². The number of nitrogens with one attached hydrogen (secondary N) is 2. The molecule has 2 rings (SSSR count). The van der Waals surface area contributed by atoms with Crippen molar-refractivity contribution in [1.82, 2.24) is 15.2 Å². The van der Waals surface area contributed by atoms with E-state index in [4.69, 9.17) is 5.73 Å². The van der Waals surface area contributed by atoms with Crippen molar-refractivity contribution in [3.63, 3.8) is 0 Å². The molecule has 0 aliphatic carbocycles. The summed E-state index contributed by atoms with van der Waals surface area (Å²) in [7, 11) is 0. The number of rotatable bonds is 3. The van der Waals surface area contributed by atoms with Gasteiger partial charge in [0.2, 0.25) is 0 Å². The summed E-state index contributed by atoms with van der Waals surface area (Å²) in [5, 5.41) is 9.96. The molecule has 0 amide bonds. The van der Waals surface area contributed by atoms with Gasteiger partial charge in [-0.15, -0.1) is 0 Å². The molecule has 1 aromatic heterocycles. The number of nitrogens with two attached hydrogens (primary N) is 1. The molecule has 1 unspecified atom stereocenters. The summed E-state index contributed by atoms with van der Waals surface area (Å²) in [4.78, 5) is 4.10. The monoisotopic (exact) mass is 217 g/mol. The SMILES string of the molecule is Cc1cc(N)cc(NC(C)c2ncn[nH]2)c1. The van der Waals surface area contributed by atoms with Gasteiger partial charge < -0.3 is 11.1 Å². The van der Waals surface area contributed by atoms with Crippen LogP contribution in [-0.4, -0.2) is 15.2 Å². The van der Waals surface area contributed by atoms with E-state index in [2.05, 4.69) is 20.5 Å². The van der Waals surface area contributed by atoms with Crippen LogP contribution in [0.2, 0.25) is 0 Å². The quantitative estimate of drug-likeness (QED) is 0.686. The second-order valence-corrected chi connectivity index (χ2v) is 3.87. The highest BCUT2D eigenvalue weighted by atomic mass is 15.2. The van der Waals surface area contributed by atoms with Crippen LogP contribution in [0.5, 0.6) is 0 Å². The largest absolute Gasteiger partial charge is 0.399 e. The predicted molar refractivity (Wildman–Crippen MR) is 64.0 cm³/mol. The molecule has 0 aliphatic rings. The van der Waals surface area contributed by atoms with Gasteiger partial charge in [0.1, 0.15) is 12.2 Å². The van der Waals surface area contributed by atoms with Crippen LogP contribution in [0, 0.1) is 6.92 Å². The van der Waals surface area contributed by atoms with Crippen molar-refractivity contribution in [3.8, 4) is 0 Å². The zero-order chi connectivity index (χ0) is 11.5. The first kappa shape index (κ1) is 10.5. The third kappa shape index (κ3) is 2.31. The number of nitrogens with zero attached hydrogens (tertiary/aromatic N) is 2. The van der Waals surface area contributed by atoms with E-state index in [1.165, 1.54) is 6.33 Å². The summed E-state index contributed by atoms with van der Waals surface area (Å²) >= 11 is 0. The van der Waals surface area contributed by atoms with Crippen LogP contribution in [-0.2, 0) is 0 Å². The van der Waals surface area contributed by atoms with Gasteiger partial charge >= 0.3 is 0 Å². The Balaban J connectivity index is 2.15. The molecule has 1 atom stereocenters. The number of nitrogen functional groups attached to an aromatic ring is 1. The van der Waals surface area contributed by atoms with Gasteiger partial charge in [-0.3, -0.25) is 5.10 Å². The zero-order valence-electron chi connectivity index (χ0n) is 9.36. The maximum atomic E-state index is 5.78. The van der Waals surface area contributed by atoms with E-state index >= 15 is 0 Å². The number of hydrogen-bond acceptors (Lipinski definition) is 4. The molecule has 0 aliphatic heterocycles. The molecule has 1 heterocycles. The van der Waals surface area contributed by atoms with Crippen molar-refractivity contribution < 1.29 is 0 Å². The maximum absolute atomic E-state index is 5.78. The van der Waals surface area contributed by atoms with Crippen LogP contribution < -0.4 is 11.1 Å². The fourth-order valence-corrected chi connectivity index (χ4v) is 1.64. The van der Waals surface area contributed by atoms with Gasteiger partial charge in [-0.2, -0.15) is 5.10 Å². The summed E-state index contributed by atoms with van der Waals surface area (Å²) in [6.45, 7) is 4.03. The lowest BCUT2D eigenvalue weighted by molar-refractivity contribution is 0.795. The summed E-state index contributed by atoms with van der Waals surface area (Å²) in [5.41, 5.74) is 8.65. The summed E-state index contributed by atoms with van der Waals surface area (Å²) < 4.78 is 0. The van der Waals surface area contributed by atoms with Crippen LogP contribution in [0.15, 0.2) is 24.5 Å². The van der Waals surface area contributed by atoms with Crippen molar-refractivity contribution in [2.75, 3.05) is 11.1 Å². The summed E-state index contributed by atoms with van der Waals surface area (Å²) in [6.07, 6.45) is 1.50. The minimum atomic E-state index is 0.0729. The Bertz CT molecular complexity index is 443. The highest BCUT2D eigenvalue weighted by molar-refractivity contribution is 5.57. The van der Waals surface area contributed by atoms with Crippen LogP contribution in [0.3, 0.4) is 0 Å². The minimum absolute atomic E-state index is 0.0729. The molecule has 4 N–H and O–H groups in total. The first-order valence-electron chi connectivity index (χ1n) is 5.14. The molecule has 0 spiro atoms. The van der Waals surface area contributed by atoms with E-state index in [1.54, 1.807) is 0 Å². The Hall–Kier alpha value is -2.04. The first-order chi connectivity index (χ1) is 7.65. The van der Waals surface area contributed by atoms with E-state index < -0.39 is 0 Å². The third-order valence-electron chi connectivity index (χ3n) is 2.33. The highest BCUT2D eigenvalue weighted by Gasteiger charge is 2.08. The molecule has 2 aromatic rings. The van der Waals surface area contributed by atoms with Crippen LogP contribution in [0.1, 0.15) is 24.4 Å². The van der Waals surface area contributed by atoms with E-state index in [1.807, 2.05) is 32.0 Å². The van der Waals surface area contributed by atoms with Gasteiger partial charge in [0, 0.05) is 11.4 Å². The smallest absolute Gasteiger partial charge is 0.146 e. The lowest BCUT2D eigenvalue weighted by atomic mass is 10.2. The van der Waals surface area contributed by atoms with Gasteiger partial charge in [-0.05, 0) is 37.6 Å². The summed E-state index contributed by atoms with van der Waals surface area (Å²) in [6, 6.07) is 5.96. The van der Waals surface area contributed by atoms with Crippen molar-refractivity contribution in [2.45, 2.75) is 19.9 Å². The zero-order valence-corrected chi connectivity index (χ0v) is 9.36. The number of aryl methyl sites for hydroxylation is 1. The topological polar surface area (TPSA) is 79.6 Å². The standard InChI is InChI=1S/C11H15N5/c1-7-3-9(12)5-10(4-7)15-8(2)11-13-6-14-16-11/h3-6,8,15H,12H2,1-2H3,(H,13,14,16). The van der Waals surface area contributed by atoms with Gasteiger partial charge in [-0.25, -0.2) is 4.98 Å². The van der Waals surface area contributed by atoms with Gasteiger partial charge in [-0.1, -0.05) is 0 Å². The third-order valence-corrected chi connectivity index (χ3v) is 2.33. The van der Waals surface area contributed by atoms with Crippen molar-refractivity contribution in [3.05, 3.63) is 35.9 Å². The molecule has 0 bridgehead atoms. The average molecular weight is 217 g/mol. The second-order valence-electron chi connectivity index (χ2n) is 3.87. The number of aromatic amines is 1. The Labute approximate surface area is 94.1 Å². The molecular formula is C11H15N5. The molecule has 16 heavy (non-hydrogen) atoms. The van der Waals surface area contributed by atoms with Gasteiger partial charge in [0.15, 0.2) is 0 Å². The lowest BCUT2D eigenvalue weighted by Gasteiger charge is -2.13. The van der Waals surface area contributed by atoms with Gasteiger partial charge in [0.25, 0.3) is 0 Å². The fraction of sp³-hybridized carbons (Fsp3) is 0.273. The lowest BCUT2D eigenvalue weighted by Crippen LogP contribution is -2.08. The molecular weight excluding hydrogens is 202 g/mol. The highest BCUT2D eigenvalue weighted by Crippen LogP contribution is 2.20. The van der Waals surface area contributed by atoms with E-state index in [0.29, 0.717) is 0 Å². The van der Waals surface area contributed by atoms with Crippen molar-refractivity contribution >= 4 is 11.4 Å². The Morgan fingerprint density at radius 2 is 2.19 bits per heavy atom. The fourth-order valence-electron chi connectivity index (χ4n) is 1.64. The minimum Gasteiger partial charge on any atom is -0.399 e. The second kappa shape index (κ2) is 4.22. The van der Waals surface area contributed by atoms with Gasteiger partial charge in [0.05, 0.1) is 6.04 Å². The molecule has 5 heteroatoms. The molecule has 0 fully saturated rings. The van der Waals surface area contributed by atoms with Crippen molar-refractivity contribution in [1.29, 1.82) is 0 Å². The van der Waals surface area contributed by atoms with Crippen LogP contribution in [0.4, 0.5) is 11.4 Å². The number of aromatic nitrogens is 3. The summed E-state index contributed by atoms with van der Waals surface area (Å²) in [5.74, 6) is 0.806. The van der Waals surface area contributed by atoms with Crippen LogP contribution in [0.25, 0.3) is 0 Å². The number of anilines is 2.